The van der Waals surface area contributed by atoms with Crippen molar-refractivity contribution in [1.82, 2.24) is 0 Å². The molecule has 1 aliphatic heterocycles. The lowest BCUT2D eigenvalue weighted by molar-refractivity contribution is 0.106. The molecular weight excluding hydrogens is 320 g/mol. The second kappa shape index (κ2) is 6.19. The van der Waals surface area contributed by atoms with Crippen LogP contribution >= 0.6 is 0 Å². The summed E-state index contributed by atoms with van der Waals surface area (Å²) >= 11 is 0. The highest BCUT2D eigenvalue weighted by Crippen LogP contribution is 2.50. The molecule has 26 heavy (non-hydrogen) atoms. The molecule has 0 saturated carbocycles. The van der Waals surface area contributed by atoms with E-state index in [1.807, 2.05) is 6.92 Å². The highest BCUT2D eigenvalue weighted by atomic mass is 16.5. The second-order valence-electron chi connectivity index (χ2n) is 8.13. The molecule has 2 heterocycles. The van der Waals surface area contributed by atoms with E-state index in [-0.39, 0.29) is 5.60 Å². The first-order chi connectivity index (χ1) is 12.4. The summed E-state index contributed by atoms with van der Waals surface area (Å²) in [7, 11) is 0. The Morgan fingerprint density at radius 1 is 1.00 bits per heavy atom. The zero-order valence-corrected chi connectivity index (χ0v) is 16.5. The van der Waals surface area contributed by atoms with E-state index in [1.165, 1.54) is 46.9 Å². The van der Waals surface area contributed by atoms with Crippen LogP contribution in [0.25, 0.3) is 22.1 Å². The van der Waals surface area contributed by atoms with Crippen LogP contribution in [0.2, 0.25) is 0 Å². The van der Waals surface area contributed by atoms with Gasteiger partial charge in [0.05, 0.1) is 5.56 Å². The summed E-state index contributed by atoms with van der Waals surface area (Å²) in [6.45, 7) is 10.7. The highest BCUT2D eigenvalue weighted by Gasteiger charge is 2.35. The van der Waals surface area contributed by atoms with Crippen LogP contribution in [0.1, 0.15) is 62.5 Å². The van der Waals surface area contributed by atoms with Crippen LogP contribution in [0.4, 0.5) is 0 Å². The molecule has 4 rings (SSSR count). The molecule has 2 heteroatoms. The maximum absolute atomic E-state index is 6.49. The molecule has 0 amide bonds. The fourth-order valence-corrected chi connectivity index (χ4v) is 4.19. The summed E-state index contributed by atoms with van der Waals surface area (Å²) < 4.78 is 12.7. The van der Waals surface area contributed by atoms with Gasteiger partial charge >= 0.3 is 0 Å². The number of fused-ring (bicyclic) bond motifs is 5. The number of benzene rings is 2. The molecule has 1 aliphatic rings. The molecular formula is C24H28O2. The molecule has 0 fully saturated rings. The maximum Gasteiger partial charge on any atom is 0.146 e. The minimum absolute atomic E-state index is 0.341. The van der Waals surface area contributed by atoms with E-state index in [0.29, 0.717) is 0 Å². The van der Waals surface area contributed by atoms with E-state index in [0.717, 1.165) is 29.1 Å². The fraction of sp³-hybridized carbons (Fsp3) is 0.417. The van der Waals surface area contributed by atoms with Gasteiger partial charge in [0.25, 0.3) is 0 Å². The van der Waals surface area contributed by atoms with Gasteiger partial charge < -0.3 is 9.15 Å². The number of rotatable bonds is 4. The molecule has 0 unspecified atom stereocenters. The summed E-state index contributed by atoms with van der Waals surface area (Å²) in [4.78, 5) is 0. The van der Waals surface area contributed by atoms with Gasteiger partial charge in [-0.2, -0.15) is 0 Å². The van der Waals surface area contributed by atoms with E-state index in [4.69, 9.17) is 9.15 Å². The Morgan fingerprint density at radius 3 is 2.58 bits per heavy atom. The molecule has 1 aromatic heterocycles. The van der Waals surface area contributed by atoms with Crippen LogP contribution in [0.15, 0.2) is 34.7 Å². The van der Waals surface area contributed by atoms with Crippen LogP contribution in [0.3, 0.4) is 0 Å². The van der Waals surface area contributed by atoms with Crippen LogP contribution < -0.4 is 4.74 Å². The largest absolute Gasteiger partial charge is 0.482 e. The molecule has 2 nitrogen and oxygen atoms in total. The lowest BCUT2D eigenvalue weighted by Gasteiger charge is -2.35. The average Bonchev–Trinajstić information content (AvgIpc) is 2.95. The monoisotopic (exact) mass is 348 g/mol. The molecule has 3 aromatic rings. The van der Waals surface area contributed by atoms with Gasteiger partial charge in [0.2, 0.25) is 0 Å². The van der Waals surface area contributed by atoms with Crippen molar-refractivity contribution in [2.45, 2.75) is 65.9 Å². The summed E-state index contributed by atoms with van der Waals surface area (Å²) in [5.74, 6) is 1.92. The van der Waals surface area contributed by atoms with Gasteiger partial charge in [-0.3, -0.25) is 0 Å². The molecule has 0 bridgehead atoms. The number of unbranched alkanes of at least 4 members (excludes halogenated alkanes) is 2. The topological polar surface area (TPSA) is 22.4 Å². The third-order valence-electron chi connectivity index (χ3n) is 5.49. The Kier molecular flexibility index (Phi) is 4.10. The molecule has 2 aromatic carbocycles. The quantitative estimate of drug-likeness (QED) is 0.470. The van der Waals surface area contributed by atoms with Crippen molar-refractivity contribution in [3.05, 3.63) is 52.8 Å². The molecule has 0 saturated heterocycles. The predicted molar refractivity (Wildman–Crippen MR) is 108 cm³/mol. The molecule has 0 aliphatic carbocycles. The summed E-state index contributed by atoms with van der Waals surface area (Å²) in [6, 6.07) is 11.1. The predicted octanol–water partition coefficient (Wildman–Crippen LogP) is 7.08. The lowest BCUT2D eigenvalue weighted by atomic mass is 9.84. The van der Waals surface area contributed by atoms with Crippen molar-refractivity contribution in [3.8, 4) is 16.9 Å². The van der Waals surface area contributed by atoms with Crippen molar-refractivity contribution >= 4 is 11.0 Å². The molecule has 0 radical (unpaired) electrons. The number of hydrogen-bond donors (Lipinski definition) is 0. The summed E-state index contributed by atoms with van der Waals surface area (Å²) in [6.07, 6.45) is 4.76. The SMILES string of the molecule is CCCCCc1cc2c(c3oc(C)cc13)-c1cc(C)ccc1C(C)(C)O2. The number of furan rings is 1. The standard InChI is InChI=1S/C24H28O2/c1-6-7-8-9-17-14-21-22(23-18(17)13-16(3)25-23)19-12-15(2)10-11-20(19)24(4,5)26-21/h10-14H,6-9H2,1-5H3. The van der Waals surface area contributed by atoms with Crippen LogP contribution in [-0.4, -0.2) is 0 Å². The number of aryl methyl sites for hydroxylation is 3. The third-order valence-corrected chi connectivity index (χ3v) is 5.49. The van der Waals surface area contributed by atoms with E-state index in [1.54, 1.807) is 0 Å². The second-order valence-corrected chi connectivity index (χ2v) is 8.13. The smallest absolute Gasteiger partial charge is 0.146 e. The van der Waals surface area contributed by atoms with Crippen molar-refractivity contribution in [2.24, 2.45) is 0 Å². The maximum atomic E-state index is 6.49. The Hall–Kier alpha value is -2.22. The number of ether oxygens (including phenoxy) is 1. The zero-order valence-electron chi connectivity index (χ0n) is 16.5. The van der Waals surface area contributed by atoms with Gasteiger partial charge in [0.1, 0.15) is 22.7 Å². The van der Waals surface area contributed by atoms with Crippen molar-refractivity contribution in [3.63, 3.8) is 0 Å². The van der Waals surface area contributed by atoms with Gasteiger partial charge in [0.15, 0.2) is 0 Å². The fourth-order valence-electron chi connectivity index (χ4n) is 4.19. The van der Waals surface area contributed by atoms with Crippen LogP contribution in [0.5, 0.6) is 5.75 Å². The first-order valence-corrected chi connectivity index (χ1v) is 9.77. The molecule has 0 atom stereocenters. The van der Waals surface area contributed by atoms with E-state index in [9.17, 15) is 0 Å². The van der Waals surface area contributed by atoms with E-state index in [2.05, 4.69) is 58.0 Å². The van der Waals surface area contributed by atoms with E-state index >= 15 is 0 Å². The first kappa shape index (κ1) is 17.2. The van der Waals surface area contributed by atoms with E-state index < -0.39 is 0 Å². The normalized spacial score (nSPS) is 14.8. The Bertz CT molecular complexity index is 976. The molecule has 0 spiro atoms. The third kappa shape index (κ3) is 2.72. The average molecular weight is 348 g/mol. The van der Waals surface area contributed by atoms with Crippen LogP contribution in [0, 0.1) is 13.8 Å². The van der Waals surface area contributed by atoms with Crippen molar-refractivity contribution in [1.29, 1.82) is 0 Å². The van der Waals surface area contributed by atoms with Gasteiger partial charge in [-0.05, 0) is 63.8 Å². The summed E-state index contributed by atoms with van der Waals surface area (Å²) in [5.41, 5.74) is 6.83. The first-order valence-electron chi connectivity index (χ1n) is 9.77. The Labute approximate surface area is 156 Å². The molecule has 0 N–H and O–H groups in total. The van der Waals surface area contributed by atoms with Crippen molar-refractivity contribution in [2.75, 3.05) is 0 Å². The number of hydrogen-bond acceptors (Lipinski definition) is 2. The van der Waals surface area contributed by atoms with Crippen LogP contribution in [-0.2, 0) is 12.0 Å². The van der Waals surface area contributed by atoms with Gasteiger partial charge in [-0.1, -0.05) is 43.5 Å². The zero-order chi connectivity index (χ0) is 18.5. The Morgan fingerprint density at radius 2 is 1.81 bits per heavy atom. The van der Waals surface area contributed by atoms with Gasteiger partial charge in [0, 0.05) is 10.9 Å². The van der Waals surface area contributed by atoms with Gasteiger partial charge in [-0.25, -0.2) is 0 Å². The lowest BCUT2D eigenvalue weighted by Crippen LogP contribution is -2.29. The summed E-state index contributed by atoms with van der Waals surface area (Å²) in [5, 5.41) is 1.24. The highest BCUT2D eigenvalue weighted by molar-refractivity contribution is 6.00. The molecule has 136 valence electrons. The minimum atomic E-state index is -0.341. The van der Waals surface area contributed by atoms with Gasteiger partial charge in [-0.15, -0.1) is 0 Å². The van der Waals surface area contributed by atoms with Crippen molar-refractivity contribution < 1.29 is 9.15 Å². The Balaban J connectivity index is 1.98. The minimum Gasteiger partial charge on any atom is -0.482 e.